The normalized spacial score (nSPS) is 22.0. The summed E-state index contributed by atoms with van der Waals surface area (Å²) < 4.78 is 13.0. The highest BCUT2D eigenvalue weighted by Crippen LogP contribution is 2.20. The summed E-state index contributed by atoms with van der Waals surface area (Å²) in [6.07, 6.45) is 7.47. The molecule has 27 heavy (non-hydrogen) atoms. The molecule has 2 aliphatic rings. The Balaban J connectivity index is 1.30. The smallest absolute Gasteiger partial charge is 0.253 e. The highest BCUT2D eigenvalue weighted by atomic mass is 16.6. The molecule has 2 fully saturated rings. The monoisotopic (exact) mass is 370 g/mol. The van der Waals surface area contributed by atoms with Crippen LogP contribution in [0.25, 0.3) is 11.3 Å². The number of hydrogen-bond acceptors (Lipinski definition) is 6. The van der Waals surface area contributed by atoms with Crippen LogP contribution in [0.3, 0.4) is 0 Å². The highest BCUT2D eigenvalue weighted by molar-refractivity contribution is 5.57. The number of ether oxygens (including phenoxy) is 2. The minimum atomic E-state index is 0.00648. The number of pyridine rings is 1. The van der Waals surface area contributed by atoms with Crippen LogP contribution in [-0.4, -0.2) is 65.0 Å². The average molecular weight is 370 g/mol. The average Bonchev–Trinajstić information content (AvgIpc) is 2.72. The number of piperidine rings is 1. The van der Waals surface area contributed by atoms with E-state index in [2.05, 4.69) is 14.9 Å². The van der Waals surface area contributed by atoms with Gasteiger partial charge in [-0.2, -0.15) is 0 Å². The Morgan fingerprint density at radius 1 is 1.11 bits per heavy atom. The lowest BCUT2D eigenvalue weighted by molar-refractivity contribution is -0.0994. The van der Waals surface area contributed by atoms with Crippen molar-refractivity contribution in [3.8, 4) is 11.3 Å². The Labute approximate surface area is 159 Å². The topological polar surface area (TPSA) is 69.5 Å². The predicted octanol–water partition coefficient (Wildman–Crippen LogP) is 1.43. The van der Waals surface area contributed by atoms with Gasteiger partial charge in [-0.15, -0.1) is 0 Å². The van der Waals surface area contributed by atoms with Crippen molar-refractivity contribution in [1.82, 2.24) is 19.4 Å². The zero-order valence-corrected chi connectivity index (χ0v) is 15.5. The Hall–Kier alpha value is -2.09. The number of nitrogens with zero attached hydrogens (tertiary/aromatic N) is 4. The summed E-state index contributed by atoms with van der Waals surface area (Å²) in [5, 5.41) is 0. The molecule has 7 heteroatoms. The molecule has 0 aliphatic carbocycles. The fraction of sp³-hybridized carbons (Fsp3) is 0.550. The zero-order valence-electron chi connectivity index (χ0n) is 15.5. The van der Waals surface area contributed by atoms with Crippen LogP contribution in [0.2, 0.25) is 0 Å². The van der Waals surface area contributed by atoms with E-state index in [9.17, 15) is 4.79 Å². The maximum absolute atomic E-state index is 12.5. The minimum Gasteiger partial charge on any atom is -0.376 e. The first-order valence-electron chi connectivity index (χ1n) is 9.66. The third-order valence-corrected chi connectivity index (χ3v) is 5.36. The molecule has 2 aromatic heterocycles. The Bertz CT molecular complexity index is 781. The van der Waals surface area contributed by atoms with Crippen LogP contribution in [-0.2, 0) is 16.0 Å². The van der Waals surface area contributed by atoms with Crippen molar-refractivity contribution in [1.29, 1.82) is 0 Å². The molecule has 4 heterocycles. The molecule has 0 bridgehead atoms. The molecule has 7 nitrogen and oxygen atoms in total. The van der Waals surface area contributed by atoms with Crippen molar-refractivity contribution in [2.75, 3.05) is 39.5 Å². The van der Waals surface area contributed by atoms with E-state index in [4.69, 9.17) is 9.47 Å². The van der Waals surface area contributed by atoms with Gasteiger partial charge in [0.25, 0.3) is 5.56 Å². The molecule has 1 unspecified atom stereocenters. The first-order valence-corrected chi connectivity index (χ1v) is 9.66. The molecular weight excluding hydrogens is 344 g/mol. The number of aromatic nitrogens is 3. The molecule has 4 rings (SSSR count). The molecular formula is C20H26N4O3. The largest absolute Gasteiger partial charge is 0.376 e. The Morgan fingerprint density at radius 2 is 1.93 bits per heavy atom. The quantitative estimate of drug-likeness (QED) is 0.793. The summed E-state index contributed by atoms with van der Waals surface area (Å²) in [7, 11) is 0. The minimum absolute atomic E-state index is 0.00648. The zero-order chi connectivity index (χ0) is 18.5. The van der Waals surface area contributed by atoms with Gasteiger partial charge >= 0.3 is 0 Å². The van der Waals surface area contributed by atoms with Gasteiger partial charge < -0.3 is 14.4 Å². The molecule has 144 valence electrons. The van der Waals surface area contributed by atoms with Crippen molar-refractivity contribution in [2.24, 2.45) is 5.92 Å². The molecule has 0 aromatic carbocycles. The van der Waals surface area contributed by atoms with Crippen LogP contribution in [0.4, 0.5) is 0 Å². The van der Waals surface area contributed by atoms with E-state index in [1.807, 2.05) is 12.1 Å². The van der Waals surface area contributed by atoms with Crippen LogP contribution in [0.1, 0.15) is 12.8 Å². The van der Waals surface area contributed by atoms with Crippen molar-refractivity contribution < 1.29 is 9.47 Å². The third kappa shape index (κ3) is 4.80. The van der Waals surface area contributed by atoms with Gasteiger partial charge in [-0.25, -0.2) is 4.98 Å². The van der Waals surface area contributed by atoms with E-state index < -0.39 is 0 Å². The summed E-state index contributed by atoms with van der Waals surface area (Å²) >= 11 is 0. The van der Waals surface area contributed by atoms with E-state index in [1.54, 1.807) is 29.4 Å². The van der Waals surface area contributed by atoms with Crippen molar-refractivity contribution in [2.45, 2.75) is 25.5 Å². The second-order valence-corrected chi connectivity index (χ2v) is 7.31. The number of rotatable bonds is 5. The molecule has 0 N–H and O–H groups in total. The van der Waals surface area contributed by atoms with E-state index in [-0.39, 0.29) is 11.7 Å². The molecule has 0 radical (unpaired) electrons. The first kappa shape index (κ1) is 18.3. The first-order chi connectivity index (χ1) is 13.3. The fourth-order valence-corrected chi connectivity index (χ4v) is 3.80. The van der Waals surface area contributed by atoms with E-state index >= 15 is 0 Å². The van der Waals surface area contributed by atoms with Crippen LogP contribution in [0.5, 0.6) is 0 Å². The molecule has 2 aromatic rings. The van der Waals surface area contributed by atoms with Crippen molar-refractivity contribution in [3.05, 3.63) is 47.3 Å². The SMILES string of the molecule is O=c1cc(-c2ccncc2)ncn1CC1CCN(CC2COCCO2)CC1. The number of hydrogen-bond donors (Lipinski definition) is 0. The molecule has 0 saturated carbocycles. The maximum Gasteiger partial charge on any atom is 0.253 e. The third-order valence-electron chi connectivity index (χ3n) is 5.36. The standard InChI is InChI=1S/C20H26N4O3/c25-20-11-19(17-1-5-21-6-2-17)22-15-24(20)12-16-3-7-23(8-4-16)13-18-14-26-9-10-27-18/h1-2,5-6,11,15-16,18H,3-4,7-10,12-14H2. The summed E-state index contributed by atoms with van der Waals surface area (Å²) in [4.78, 5) is 23.4. The van der Waals surface area contributed by atoms with Gasteiger partial charge in [0, 0.05) is 37.1 Å². The van der Waals surface area contributed by atoms with Crippen molar-refractivity contribution in [3.63, 3.8) is 0 Å². The fourth-order valence-electron chi connectivity index (χ4n) is 3.80. The van der Waals surface area contributed by atoms with E-state index in [1.165, 1.54) is 0 Å². The van der Waals surface area contributed by atoms with Gasteiger partial charge in [-0.05, 0) is 44.0 Å². The summed E-state index contributed by atoms with van der Waals surface area (Å²) in [6.45, 7) is 5.87. The van der Waals surface area contributed by atoms with Gasteiger partial charge in [-0.3, -0.25) is 14.3 Å². The summed E-state index contributed by atoms with van der Waals surface area (Å²) in [5.41, 5.74) is 1.62. The number of likely N-dealkylation sites (tertiary alicyclic amines) is 1. The lowest BCUT2D eigenvalue weighted by Crippen LogP contribution is -2.44. The second-order valence-electron chi connectivity index (χ2n) is 7.31. The second kappa shape index (κ2) is 8.73. The van der Waals surface area contributed by atoms with E-state index in [0.29, 0.717) is 31.4 Å². The summed E-state index contributed by atoms with van der Waals surface area (Å²) in [6, 6.07) is 5.34. The summed E-state index contributed by atoms with van der Waals surface area (Å²) in [5.74, 6) is 0.510. The van der Waals surface area contributed by atoms with Crippen LogP contribution in [0, 0.1) is 5.92 Å². The van der Waals surface area contributed by atoms with Crippen LogP contribution < -0.4 is 5.56 Å². The lowest BCUT2D eigenvalue weighted by atomic mass is 9.96. The van der Waals surface area contributed by atoms with Gasteiger partial charge in [0.1, 0.15) is 0 Å². The molecule has 2 saturated heterocycles. The predicted molar refractivity (Wildman–Crippen MR) is 101 cm³/mol. The van der Waals surface area contributed by atoms with Gasteiger partial charge in [0.15, 0.2) is 0 Å². The van der Waals surface area contributed by atoms with Crippen LogP contribution in [0.15, 0.2) is 41.7 Å². The van der Waals surface area contributed by atoms with Gasteiger partial charge in [0.05, 0.1) is 37.9 Å². The van der Waals surface area contributed by atoms with Gasteiger partial charge in [-0.1, -0.05) is 0 Å². The maximum atomic E-state index is 12.5. The lowest BCUT2D eigenvalue weighted by Gasteiger charge is -2.35. The Kier molecular flexibility index (Phi) is 5.91. The van der Waals surface area contributed by atoms with E-state index in [0.717, 1.165) is 44.6 Å². The molecule has 1 atom stereocenters. The molecule has 2 aliphatic heterocycles. The Morgan fingerprint density at radius 3 is 2.63 bits per heavy atom. The van der Waals surface area contributed by atoms with Crippen LogP contribution >= 0.6 is 0 Å². The van der Waals surface area contributed by atoms with Crippen molar-refractivity contribution >= 4 is 0 Å². The highest BCUT2D eigenvalue weighted by Gasteiger charge is 2.24. The molecule has 0 amide bonds. The van der Waals surface area contributed by atoms with Gasteiger partial charge in [0.2, 0.25) is 0 Å². The molecule has 0 spiro atoms.